The zero-order valence-corrected chi connectivity index (χ0v) is 20.2. The molecule has 0 spiro atoms. The number of phenolic OH excluding ortho intramolecular Hbond substituents is 1. The Morgan fingerprint density at radius 3 is 2.71 bits per heavy atom. The number of fused-ring (bicyclic) bond motifs is 5. The smallest absolute Gasteiger partial charge is 0.172 e. The number of ether oxygens (including phenoxy) is 2. The molecule has 2 aliphatic heterocycles. The number of benzene rings is 2. The van der Waals surface area contributed by atoms with Gasteiger partial charge in [0.25, 0.3) is 0 Å². The minimum absolute atomic E-state index is 0.0464. The number of anilines is 1. The molecule has 1 atom stereocenters. The summed E-state index contributed by atoms with van der Waals surface area (Å²) >= 11 is 1.48. The Morgan fingerprint density at radius 2 is 1.97 bits per heavy atom. The number of hydrogen-bond acceptors (Lipinski definition) is 6. The van der Waals surface area contributed by atoms with Crippen LogP contribution in [0.5, 0.6) is 17.2 Å². The molecule has 0 radical (unpaired) electrons. The van der Waals surface area contributed by atoms with E-state index in [1.807, 2.05) is 23.6 Å². The number of allylic oxidation sites excluding steroid dienone is 1. The predicted octanol–water partition coefficient (Wildman–Crippen LogP) is 6.29. The van der Waals surface area contributed by atoms with Gasteiger partial charge in [-0.1, -0.05) is 18.1 Å². The van der Waals surface area contributed by atoms with Crippen molar-refractivity contribution in [2.75, 3.05) is 12.4 Å². The highest BCUT2D eigenvalue weighted by Crippen LogP contribution is 2.54. The first-order valence-electron chi connectivity index (χ1n) is 10.9. The fourth-order valence-electron chi connectivity index (χ4n) is 4.83. The van der Waals surface area contributed by atoms with Gasteiger partial charge in [0.15, 0.2) is 11.5 Å². The lowest BCUT2D eigenvalue weighted by molar-refractivity contribution is 0.239. The van der Waals surface area contributed by atoms with Gasteiger partial charge in [0, 0.05) is 32.8 Å². The Kier molecular flexibility index (Phi) is 5.20. The van der Waals surface area contributed by atoms with Crippen LogP contribution in [-0.2, 0) is 0 Å². The molecule has 0 saturated carbocycles. The number of rotatable bonds is 3. The van der Waals surface area contributed by atoms with E-state index in [9.17, 15) is 10.2 Å². The third-order valence-corrected chi connectivity index (χ3v) is 6.99. The fourth-order valence-corrected chi connectivity index (χ4v) is 5.68. The zero-order valence-electron chi connectivity index (χ0n) is 19.4. The van der Waals surface area contributed by atoms with Gasteiger partial charge in [0.2, 0.25) is 0 Å². The molecule has 1 aromatic heterocycles. The van der Waals surface area contributed by atoms with E-state index in [0.29, 0.717) is 28.4 Å². The summed E-state index contributed by atoms with van der Waals surface area (Å²) in [7, 11) is 1.53. The number of nitrogens with one attached hydrogen (secondary N) is 1. The van der Waals surface area contributed by atoms with E-state index in [4.69, 9.17) is 15.9 Å². The zero-order chi connectivity index (χ0) is 24.2. The molecule has 0 fully saturated rings. The molecule has 0 aliphatic carbocycles. The average Bonchev–Trinajstić information content (AvgIpc) is 3.25. The number of aromatic hydroxyl groups is 1. The summed E-state index contributed by atoms with van der Waals surface area (Å²) in [5.74, 6) is 4.02. The number of terminal acetylenes is 1. The summed E-state index contributed by atoms with van der Waals surface area (Å²) in [4.78, 5) is 0.823. The van der Waals surface area contributed by atoms with Crippen molar-refractivity contribution in [1.82, 2.24) is 0 Å². The maximum absolute atomic E-state index is 10.5. The van der Waals surface area contributed by atoms with E-state index in [-0.39, 0.29) is 11.3 Å². The van der Waals surface area contributed by atoms with Crippen LogP contribution in [-0.4, -0.2) is 22.9 Å². The van der Waals surface area contributed by atoms with Gasteiger partial charge in [0.05, 0.1) is 18.2 Å². The molecule has 0 bridgehead atoms. The van der Waals surface area contributed by atoms with Gasteiger partial charge in [-0.15, -0.1) is 17.8 Å². The van der Waals surface area contributed by atoms with Crippen molar-refractivity contribution in [3.05, 3.63) is 63.4 Å². The van der Waals surface area contributed by atoms with E-state index in [0.717, 1.165) is 32.8 Å². The van der Waals surface area contributed by atoms with Crippen molar-refractivity contribution in [1.29, 1.82) is 0 Å². The normalized spacial score (nSPS) is 17.3. The number of thiophene rings is 1. The molecular formula is C28H25NO4S. The highest BCUT2D eigenvalue weighted by Gasteiger charge is 2.33. The first-order chi connectivity index (χ1) is 16.2. The molecular weight excluding hydrogens is 446 g/mol. The molecule has 3 aromatic rings. The second kappa shape index (κ2) is 7.98. The Bertz CT molecular complexity index is 1420. The fraction of sp³-hybridized carbons (Fsp3) is 0.214. The second-order valence-electron chi connectivity index (χ2n) is 9.00. The molecule has 2 aliphatic rings. The second-order valence-corrected chi connectivity index (χ2v) is 9.94. The van der Waals surface area contributed by atoms with Crippen LogP contribution in [0.3, 0.4) is 0 Å². The van der Waals surface area contributed by atoms with Crippen LogP contribution in [0.15, 0.2) is 41.8 Å². The van der Waals surface area contributed by atoms with Crippen LogP contribution in [0.1, 0.15) is 48.4 Å². The van der Waals surface area contributed by atoms with E-state index >= 15 is 0 Å². The highest BCUT2D eigenvalue weighted by molar-refractivity contribution is 7.11. The lowest BCUT2D eigenvalue weighted by atomic mass is 9.83. The van der Waals surface area contributed by atoms with Gasteiger partial charge < -0.3 is 25.0 Å². The van der Waals surface area contributed by atoms with E-state index in [1.54, 1.807) is 12.1 Å². The van der Waals surface area contributed by atoms with Crippen molar-refractivity contribution in [2.45, 2.75) is 32.4 Å². The SMILES string of the molecule is C#CC(O)c1ccsc1C=C1Oc2ccc(O)c(OC)c2-c2ccc3c(c21)C(C)=CC(C)(C)N3. The van der Waals surface area contributed by atoms with Crippen LogP contribution in [0, 0.1) is 12.3 Å². The first-order valence-corrected chi connectivity index (χ1v) is 11.8. The molecule has 5 rings (SSSR count). The summed E-state index contributed by atoms with van der Waals surface area (Å²) in [5, 5.41) is 26.3. The third-order valence-electron chi connectivity index (χ3n) is 6.11. The van der Waals surface area contributed by atoms with Gasteiger partial charge in [-0.05, 0) is 62.1 Å². The average molecular weight is 472 g/mol. The number of hydrogen-bond donors (Lipinski definition) is 3. The van der Waals surface area contributed by atoms with Crippen LogP contribution >= 0.6 is 11.3 Å². The van der Waals surface area contributed by atoms with Crippen LogP contribution < -0.4 is 14.8 Å². The molecule has 5 nitrogen and oxygen atoms in total. The van der Waals surface area contributed by atoms with Gasteiger partial charge in [0.1, 0.15) is 17.6 Å². The Morgan fingerprint density at radius 1 is 1.18 bits per heavy atom. The maximum Gasteiger partial charge on any atom is 0.172 e. The molecule has 2 aromatic carbocycles. The number of phenols is 1. The molecule has 6 heteroatoms. The van der Waals surface area contributed by atoms with Crippen molar-refractivity contribution >= 4 is 34.4 Å². The lowest BCUT2D eigenvalue weighted by Gasteiger charge is -2.35. The molecule has 1 unspecified atom stereocenters. The van der Waals surface area contributed by atoms with Crippen molar-refractivity contribution < 1.29 is 19.7 Å². The first kappa shape index (κ1) is 22.1. The Balaban J connectivity index is 1.83. The molecule has 3 heterocycles. The number of aliphatic hydroxyl groups is 1. The molecule has 3 N–H and O–H groups in total. The monoisotopic (exact) mass is 471 g/mol. The Labute approximate surface area is 203 Å². The maximum atomic E-state index is 10.5. The number of methoxy groups -OCH3 is 1. The summed E-state index contributed by atoms with van der Waals surface area (Å²) in [6, 6.07) is 9.21. The summed E-state index contributed by atoms with van der Waals surface area (Å²) < 4.78 is 12.0. The van der Waals surface area contributed by atoms with E-state index in [1.165, 1.54) is 18.4 Å². The quantitative estimate of drug-likeness (QED) is 0.392. The van der Waals surface area contributed by atoms with Crippen LogP contribution in [0.4, 0.5) is 5.69 Å². The van der Waals surface area contributed by atoms with Crippen LogP contribution in [0.2, 0.25) is 0 Å². The van der Waals surface area contributed by atoms with Gasteiger partial charge in [-0.3, -0.25) is 0 Å². The predicted molar refractivity (Wildman–Crippen MR) is 138 cm³/mol. The molecule has 172 valence electrons. The number of aliphatic hydroxyl groups excluding tert-OH is 1. The lowest BCUT2D eigenvalue weighted by Crippen LogP contribution is -2.32. The van der Waals surface area contributed by atoms with Crippen molar-refractivity contribution in [2.24, 2.45) is 0 Å². The molecule has 0 saturated heterocycles. The van der Waals surface area contributed by atoms with Gasteiger partial charge in [-0.2, -0.15) is 0 Å². The van der Waals surface area contributed by atoms with Gasteiger partial charge >= 0.3 is 0 Å². The minimum atomic E-state index is -1.00. The van der Waals surface area contributed by atoms with Crippen molar-refractivity contribution in [3.63, 3.8) is 0 Å². The summed E-state index contributed by atoms with van der Waals surface area (Å²) in [6.07, 6.45) is 8.61. The minimum Gasteiger partial charge on any atom is -0.504 e. The highest BCUT2D eigenvalue weighted by atomic mass is 32.1. The summed E-state index contributed by atoms with van der Waals surface area (Å²) in [5.41, 5.74) is 6.08. The Hall–Kier alpha value is -3.66. The molecule has 0 amide bonds. The van der Waals surface area contributed by atoms with E-state index in [2.05, 4.69) is 44.2 Å². The summed E-state index contributed by atoms with van der Waals surface area (Å²) in [6.45, 7) is 6.34. The third kappa shape index (κ3) is 3.45. The largest absolute Gasteiger partial charge is 0.504 e. The van der Waals surface area contributed by atoms with Crippen LogP contribution in [0.25, 0.3) is 28.5 Å². The van der Waals surface area contributed by atoms with Gasteiger partial charge in [-0.25, -0.2) is 0 Å². The van der Waals surface area contributed by atoms with E-state index < -0.39 is 6.10 Å². The molecule has 34 heavy (non-hydrogen) atoms. The topological polar surface area (TPSA) is 71.0 Å². The van der Waals surface area contributed by atoms with Crippen molar-refractivity contribution in [3.8, 4) is 40.7 Å². The standard InChI is InChI=1S/C28H25NO4S/c1-6-19(30)16-11-12-34-23(16)13-22-25-17(26-21(33-22)10-9-20(31)27(26)32-5)7-8-18-24(25)15(2)14-28(3,4)29-18/h1,7-14,19,29-31H,2-5H3.